The minimum atomic E-state index is -3.94. The summed E-state index contributed by atoms with van der Waals surface area (Å²) in [4.78, 5) is 33.6. The van der Waals surface area contributed by atoms with Gasteiger partial charge >= 0.3 is 5.97 Å². The lowest BCUT2D eigenvalue weighted by Crippen LogP contribution is -2.54. The number of pyridine rings is 1. The molecule has 1 amide bonds. The number of hydrogen-bond acceptors (Lipinski definition) is 7. The Hall–Kier alpha value is -2.92. The van der Waals surface area contributed by atoms with Gasteiger partial charge in [-0.15, -0.1) is 0 Å². The third-order valence-corrected chi connectivity index (χ3v) is 8.00. The van der Waals surface area contributed by atoms with E-state index in [9.17, 15) is 18.0 Å². The SMILES string of the molecule is CCOC(=O)c1cc(S(=O)(=O)N2CCCC2C(=O)N2CCN(c3ccccn3)CC2)cn1C. The number of carbonyl (C=O) groups excluding carboxylic acids is 2. The van der Waals surface area contributed by atoms with Crippen LogP contribution in [0.25, 0.3) is 0 Å². The standard InChI is InChI=1S/C22H29N5O5S/c1-3-32-22(29)19-15-17(16-24(19)2)33(30,31)27-10-6-7-18(27)21(28)26-13-11-25(12-14-26)20-8-4-5-9-23-20/h4-5,8-9,15-16,18H,3,6-7,10-14H2,1-2H3. The van der Waals surface area contributed by atoms with Crippen LogP contribution in [0.2, 0.25) is 0 Å². The van der Waals surface area contributed by atoms with Crippen LogP contribution in [-0.4, -0.2) is 84.4 Å². The molecule has 11 heteroatoms. The van der Waals surface area contributed by atoms with Gasteiger partial charge in [0.25, 0.3) is 0 Å². The first kappa shape index (κ1) is 23.2. The summed E-state index contributed by atoms with van der Waals surface area (Å²) < 4.78 is 34.5. The molecular weight excluding hydrogens is 446 g/mol. The number of nitrogens with zero attached hydrogens (tertiary/aromatic N) is 5. The number of hydrogen-bond donors (Lipinski definition) is 0. The summed E-state index contributed by atoms with van der Waals surface area (Å²) >= 11 is 0. The van der Waals surface area contributed by atoms with E-state index in [1.807, 2.05) is 18.2 Å². The van der Waals surface area contributed by atoms with Crippen LogP contribution in [0.1, 0.15) is 30.3 Å². The number of aromatic nitrogens is 2. The number of rotatable bonds is 6. The van der Waals surface area contributed by atoms with Crippen molar-refractivity contribution in [2.75, 3.05) is 44.2 Å². The van der Waals surface area contributed by atoms with E-state index in [-0.39, 0.29) is 29.6 Å². The van der Waals surface area contributed by atoms with Crippen LogP contribution < -0.4 is 4.90 Å². The molecule has 0 saturated carbocycles. The van der Waals surface area contributed by atoms with Crippen molar-refractivity contribution in [3.8, 4) is 0 Å². The number of ether oxygens (including phenoxy) is 1. The van der Waals surface area contributed by atoms with E-state index in [0.717, 1.165) is 5.82 Å². The highest BCUT2D eigenvalue weighted by Gasteiger charge is 2.42. The first-order valence-corrected chi connectivity index (χ1v) is 12.6. The topological polar surface area (TPSA) is 105 Å². The number of amides is 1. The first-order valence-electron chi connectivity index (χ1n) is 11.1. The summed E-state index contributed by atoms with van der Waals surface area (Å²) in [7, 11) is -2.34. The van der Waals surface area contributed by atoms with Crippen molar-refractivity contribution in [1.29, 1.82) is 0 Å². The number of anilines is 1. The molecule has 0 spiro atoms. The lowest BCUT2D eigenvalue weighted by atomic mass is 10.2. The van der Waals surface area contributed by atoms with Gasteiger partial charge in [0.2, 0.25) is 15.9 Å². The van der Waals surface area contributed by atoms with Crippen molar-refractivity contribution in [3.05, 3.63) is 42.4 Å². The van der Waals surface area contributed by atoms with Gasteiger partial charge in [-0.2, -0.15) is 4.31 Å². The van der Waals surface area contributed by atoms with E-state index < -0.39 is 22.0 Å². The van der Waals surface area contributed by atoms with Gasteiger partial charge in [0, 0.05) is 52.2 Å². The third kappa shape index (κ3) is 4.60. The summed E-state index contributed by atoms with van der Waals surface area (Å²) in [6.45, 7) is 4.47. The summed E-state index contributed by atoms with van der Waals surface area (Å²) in [5.41, 5.74) is 0.156. The van der Waals surface area contributed by atoms with Gasteiger partial charge in [0.15, 0.2) is 0 Å². The molecule has 33 heavy (non-hydrogen) atoms. The molecule has 2 aliphatic rings. The molecule has 2 aromatic rings. The van der Waals surface area contributed by atoms with Crippen LogP contribution in [0.3, 0.4) is 0 Å². The lowest BCUT2D eigenvalue weighted by Gasteiger charge is -2.37. The van der Waals surface area contributed by atoms with Crippen LogP contribution in [0.5, 0.6) is 0 Å². The molecule has 2 saturated heterocycles. The average Bonchev–Trinajstić information content (AvgIpc) is 3.47. The van der Waals surface area contributed by atoms with Gasteiger partial charge in [-0.3, -0.25) is 4.79 Å². The second-order valence-corrected chi connectivity index (χ2v) is 10.1. The van der Waals surface area contributed by atoms with Crippen molar-refractivity contribution in [2.24, 2.45) is 7.05 Å². The first-order chi connectivity index (χ1) is 15.8. The monoisotopic (exact) mass is 475 g/mol. The molecule has 4 rings (SSSR count). The molecule has 0 N–H and O–H groups in total. The Morgan fingerprint density at radius 1 is 1.15 bits per heavy atom. The Kier molecular flexibility index (Phi) is 6.71. The molecule has 0 aromatic carbocycles. The van der Waals surface area contributed by atoms with Gasteiger partial charge in [-0.1, -0.05) is 6.07 Å². The van der Waals surface area contributed by atoms with Gasteiger partial charge in [-0.05, 0) is 38.0 Å². The molecule has 0 radical (unpaired) electrons. The fourth-order valence-electron chi connectivity index (χ4n) is 4.40. The number of sulfonamides is 1. The predicted octanol–water partition coefficient (Wildman–Crippen LogP) is 1.10. The molecule has 2 aromatic heterocycles. The molecule has 0 aliphatic carbocycles. The van der Waals surface area contributed by atoms with Gasteiger partial charge in [0.05, 0.1) is 6.61 Å². The fraction of sp³-hybridized carbons (Fsp3) is 0.500. The highest BCUT2D eigenvalue weighted by molar-refractivity contribution is 7.89. The lowest BCUT2D eigenvalue weighted by molar-refractivity contribution is -0.134. The van der Waals surface area contributed by atoms with Crippen molar-refractivity contribution in [1.82, 2.24) is 18.8 Å². The minimum absolute atomic E-state index is 0.00674. The van der Waals surface area contributed by atoms with E-state index in [1.54, 1.807) is 25.1 Å². The second-order valence-electron chi connectivity index (χ2n) is 8.17. The van der Waals surface area contributed by atoms with Crippen molar-refractivity contribution in [3.63, 3.8) is 0 Å². The molecule has 0 bridgehead atoms. The zero-order chi connectivity index (χ0) is 23.6. The Balaban J connectivity index is 1.47. The van der Waals surface area contributed by atoms with Crippen molar-refractivity contribution >= 4 is 27.7 Å². The van der Waals surface area contributed by atoms with Crippen molar-refractivity contribution < 1.29 is 22.7 Å². The average molecular weight is 476 g/mol. The summed E-state index contributed by atoms with van der Waals surface area (Å²) in [6, 6.07) is 6.31. The van der Waals surface area contributed by atoms with Crippen molar-refractivity contribution in [2.45, 2.75) is 30.7 Å². The highest BCUT2D eigenvalue weighted by Crippen LogP contribution is 2.29. The number of carbonyl (C=O) groups is 2. The smallest absolute Gasteiger partial charge is 0.354 e. The molecule has 2 aliphatic heterocycles. The number of piperazine rings is 1. The van der Waals surface area contributed by atoms with E-state index in [0.29, 0.717) is 39.0 Å². The normalized spacial score (nSPS) is 19.6. The van der Waals surface area contributed by atoms with E-state index in [1.165, 1.54) is 21.1 Å². The molecule has 1 unspecified atom stereocenters. The summed E-state index contributed by atoms with van der Waals surface area (Å²) in [6.07, 6.45) is 4.23. The maximum Gasteiger partial charge on any atom is 0.354 e. The van der Waals surface area contributed by atoms with E-state index in [2.05, 4.69) is 9.88 Å². The van der Waals surface area contributed by atoms with Crippen LogP contribution in [-0.2, 0) is 26.6 Å². The molecule has 2 fully saturated rings. The molecule has 1 atom stereocenters. The van der Waals surface area contributed by atoms with Gasteiger partial charge < -0.3 is 19.1 Å². The molecular formula is C22H29N5O5S. The highest BCUT2D eigenvalue weighted by atomic mass is 32.2. The largest absolute Gasteiger partial charge is 0.461 e. The molecule has 178 valence electrons. The fourth-order valence-corrected chi connectivity index (χ4v) is 6.12. The second kappa shape index (κ2) is 9.52. The van der Waals surface area contributed by atoms with E-state index >= 15 is 0 Å². The maximum absolute atomic E-state index is 13.4. The summed E-state index contributed by atoms with van der Waals surface area (Å²) in [5.74, 6) is 0.121. The van der Waals surface area contributed by atoms with Gasteiger partial charge in [0.1, 0.15) is 22.4 Å². The molecule has 4 heterocycles. The summed E-state index contributed by atoms with van der Waals surface area (Å²) in [5, 5.41) is 0. The third-order valence-electron chi connectivity index (χ3n) is 6.12. The Bertz CT molecular complexity index is 1110. The molecule has 10 nitrogen and oxygen atoms in total. The maximum atomic E-state index is 13.4. The van der Waals surface area contributed by atoms with Crippen LogP contribution in [0, 0.1) is 0 Å². The van der Waals surface area contributed by atoms with E-state index in [4.69, 9.17) is 4.74 Å². The Morgan fingerprint density at radius 3 is 2.58 bits per heavy atom. The number of esters is 1. The zero-order valence-electron chi connectivity index (χ0n) is 18.9. The minimum Gasteiger partial charge on any atom is -0.461 e. The Morgan fingerprint density at radius 2 is 1.91 bits per heavy atom. The van der Waals surface area contributed by atoms with Gasteiger partial charge in [-0.25, -0.2) is 18.2 Å². The predicted molar refractivity (Wildman–Crippen MR) is 121 cm³/mol. The number of aryl methyl sites for hydroxylation is 1. The van der Waals surface area contributed by atoms with Crippen LogP contribution in [0.4, 0.5) is 5.82 Å². The quantitative estimate of drug-likeness (QED) is 0.576. The zero-order valence-corrected chi connectivity index (χ0v) is 19.7. The van der Waals surface area contributed by atoms with Crippen LogP contribution >= 0.6 is 0 Å². The van der Waals surface area contributed by atoms with Crippen LogP contribution in [0.15, 0.2) is 41.6 Å². The Labute approximate surface area is 193 Å².